The van der Waals surface area contributed by atoms with Gasteiger partial charge in [0.2, 0.25) is 0 Å². The van der Waals surface area contributed by atoms with E-state index in [1.807, 2.05) is 6.92 Å². The molecule has 0 bridgehead atoms. The van der Waals surface area contributed by atoms with Crippen LogP contribution >= 0.6 is 0 Å². The van der Waals surface area contributed by atoms with Gasteiger partial charge < -0.3 is 5.11 Å². The third kappa shape index (κ3) is 2.31. The number of aliphatic hydroxyl groups excluding tert-OH is 1. The molecule has 0 amide bonds. The molecule has 2 nitrogen and oxygen atoms in total. The van der Waals surface area contributed by atoms with E-state index in [9.17, 15) is 0 Å². The molecule has 1 aliphatic rings. The maximum atomic E-state index is 8.98. The van der Waals surface area contributed by atoms with E-state index in [4.69, 9.17) is 5.11 Å². The molecule has 1 aliphatic heterocycles. The summed E-state index contributed by atoms with van der Waals surface area (Å²) in [6, 6.07) is 0.395. The molecular formula is C9H17NO. The van der Waals surface area contributed by atoms with Gasteiger partial charge in [0.1, 0.15) is 0 Å². The second-order valence-corrected chi connectivity index (χ2v) is 3.41. The van der Waals surface area contributed by atoms with Gasteiger partial charge in [-0.3, -0.25) is 4.90 Å². The summed E-state index contributed by atoms with van der Waals surface area (Å²) in [6.07, 6.45) is 2.36. The standard InChI is InChI=1S/C9H17NO/c1-8(2)6-10-5-3-4-9(10)7-11/h9,11H,1,3-7H2,2H3/t9-/m0/s1. The van der Waals surface area contributed by atoms with Crippen molar-refractivity contribution >= 4 is 0 Å². The second kappa shape index (κ2) is 3.88. The van der Waals surface area contributed by atoms with Crippen LogP contribution in [0, 0.1) is 0 Å². The quantitative estimate of drug-likeness (QED) is 0.615. The fraction of sp³-hybridized carbons (Fsp3) is 0.778. The highest BCUT2D eigenvalue weighted by Gasteiger charge is 2.22. The van der Waals surface area contributed by atoms with Crippen LogP contribution in [0.5, 0.6) is 0 Å². The van der Waals surface area contributed by atoms with Crippen LogP contribution in [0.15, 0.2) is 12.2 Å². The predicted octanol–water partition coefficient (Wildman–Crippen LogP) is 1.02. The van der Waals surface area contributed by atoms with Gasteiger partial charge in [-0.15, -0.1) is 0 Å². The Bertz CT molecular complexity index is 144. The lowest BCUT2D eigenvalue weighted by atomic mass is 10.2. The van der Waals surface area contributed by atoms with Crippen LogP contribution in [-0.2, 0) is 0 Å². The van der Waals surface area contributed by atoms with E-state index < -0.39 is 0 Å². The number of hydrogen-bond donors (Lipinski definition) is 1. The zero-order valence-corrected chi connectivity index (χ0v) is 7.21. The minimum Gasteiger partial charge on any atom is -0.395 e. The van der Waals surface area contributed by atoms with E-state index >= 15 is 0 Å². The van der Waals surface area contributed by atoms with Gasteiger partial charge in [0, 0.05) is 12.6 Å². The molecule has 0 radical (unpaired) electrons. The molecule has 64 valence electrons. The number of hydrogen-bond acceptors (Lipinski definition) is 2. The maximum Gasteiger partial charge on any atom is 0.0587 e. The second-order valence-electron chi connectivity index (χ2n) is 3.41. The van der Waals surface area contributed by atoms with Gasteiger partial charge in [0.25, 0.3) is 0 Å². The van der Waals surface area contributed by atoms with E-state index in [0.717, 1.165) is 19.5 Å². The Hall–Kier alpha value is -0.340. The van der Waals surface area contributed by atoms with Gasteiger partial charge in [-0.25, -0.2) is 0 Å². The summed E-state index contributed by atoms with van der Waals surface area (Å²) >= 11 is 0. The van der Waals surface area contributed by atoms with Gasteiger partial charge in [0.15, 0.2) is 0 Å². The lowest BCUT2D eigenvalue weighted by Crippen LogP contribution is -2.33. The van der Waals surface area contributed by atoms with E-state index in [1.165, 1.54) is 12.0 Å². The van der Waals surface area contributed by atoms with Crippen molar-refractivity contribution in [2.45, 2.75) is 25.8 Å². The molecule has 1 fully saturated rings. The molecule has 1 atom stereocenters. The molecule has 0 aromatic heterocycles. The molecule has 0 aromatic rings. The van der Waals surface area contributed by atoms with Crippen molar-refractivity contribution in [1.82, 2.24) is 4.90 Å². The summed E-state index contributed by atoms with van der Waals surface area (Å²) in [5.74, 6) is 0. The van der Waals surface area contributed by atoms with Crippen LogP contribution in [0.2, 0.25) is 0 Å². The number of nitrogens with zero attached hydrogens (tertiary/aromatic N) is 1. The third-order valence-electron chi connectivity index (χ3n) is 2.18. The van der Waals surface area contributed by atoms with E-state index in [1.54, 1.807) is 0 Å². The smallest absolute Gasteiger partial charge is 0.0587 e. The SMILES string of the molecule is C=C(C)CN1CCC[C@H]1CO. The van der Waals surface area contributed by atoms with Crippen molar-refractivity contribution in [2.24, 2.45) is 0 Å². The first kappa shape index (κ1) is 8.75. The Morgan fingerprint density at radius 3 is 3.00 bits per heavy atom. The Labute approximate surface area is 68.5 Å². The Kier molecular flexibility index (Phi) is 3.09. The fourth-order valence-electron chi connectivity index (χ4n) is 1.66. The molecule has 0 spiro atoms. The summed E-state index contributed by atoms with van der Waals surface area (Å²) in [5.41, 5.74) is 1.19. The highest BCUT2D eigenvalue weighted by Crippen LogP contribution is 2.17. The average Bonchev–Trinajstić information content (AvgIpc) is 2.34. The molecule has 1 heterocycles. The van der Waals surface area contributed by atoms with Crippen molar-refractivity contribution in [3.63, 3.8) is 0 Å². The molecule has 1 saturated heterocycles. The first-order valence-corrected chi connectivity index (χ1v) is 4.23. The van der Waals surface area contributed by atoms with Crippen molar-refractivity contribution in [3.8, 4) is 0 Å². The first-order valence-electron chi connectivity index (χ1n) is 4.23. The molecular weight excluding hydrogens is 138 g/mol. The van der Waals surface area contributed by atoms with Crippen LogP contribution in [0.25, 0.3) is 0 Å². The van der Waals surface area contributed by atoms with E-state index in [2.05, 4.69) is 11.5 Å². The summed E-state index contributed by atoms with van der Waals surface area (Å²) in [4.78, 5) is 2.31. The fourth-order valence-corrected chi connectivity index (χ4v) is 1.66. The van der Waals surface area contributed by atoms with Crippen molar-refractivity contribution in [2.75, 3.05) is 19.7 Å². The minimum absolute atomic E-state index is 0.299. The monoisotopic (exact) mass is 155 g/mol. The van der Waals surface area contributed by atoms with Gasteiger partial charge >= 0.3 is 0 Å². The Morgan fingerprint density at radius 1 is 1.73 bits per heavy atom. The minimum atomic E-state index is 0.299. The van der Waals surface area contributed by atoms with Crippen molar-refractivity contribution in [3.05, 3.63) is 12.2 Å². The summed E-state index contributed by atoms with van der Waals surface area (Å²) < 4.78 is 0. The van der Waals surface area contributed by atoms with Gasteiger partial charge in [-0.2, -0.15) is 0 Å². The van der Waals surface area contributed by atoms with Crippen molar-refractivity contribution in [1.29, 1.82) is 0 Å². The van der Waals surface area contributed by atoms with Crippen LogP contribution in [0.4, 0.5) is 0 Å². The molecule has 0 saturated carbocycles. The zero-order valence-electron chi connectivity index (χ0n) is 7.21. The molecule has 0 unspecified atom stereocenters. The molecule has 0 aliphatic carbocycles. The molecule has 1 rings (SSSR count). The molecule has 1 N–H and O–H groups in total. The highest BCUT2D eigenvalue weighted by molar-refractivity contribution is 4.95. The average molecular weight is 155 g/mol. The highest BCUT2D eigenvalue weighted by atomic mass is 16.3. The Balaban J connectivity index is 2.37. The van der Waals surface area contributed by atoms with Crippen LogP contribution in [0.3, 0.4) is 0 Å². The maximum absolute atomic E-state index is 8.98. The molecule has 0 aromatic carbocycles. The summed E-state index contributed by atoms with van der Waals surface area (Å²) in [5, 5.41) is 8.98. The topological polar surface area (TPSA) is 23.5 Å². The zero-order chi connectivity index (χ0) is 8.27. The van der Waals surface area contributed by atoms with Crippen LogP contribution in [-0.4, -0.2) is 35.7 Å². The number of aliphatic hydroxyl groups is 1. The number of rotatable bonds is 3. The summed E-state index contributed by atoms with van der Waals surface area (Å²) in [6.45, 7) is 8.27. The predicted molar refractivity (Wildman–Crippen MR) is 46.5 cm³/mol. The molecule has 11 heavy (non-hydrogen) atoms. The normalized spacial score (nSPS) is 25.8. The van der Waals surface area contributed by atoms with E-state index in [0.29, 0.717) is 12.6 Å². The van der Waals surface area contributed by atoms with Crippen LogP contribution < -0.4 is 0 Å². The largest absolute Gasteiger partial charge is 0.395 e. The van der Waals surface area contributed by atoms with Gasteiger partial charge in [-0.05, 0) is 26.3 Å². The third-order valence-corrected chi connectivity index (χ3v) is 2.18. The first-order chi connectivity index (χ1) is 5.24. The van der Waals surface area contributed by atoms with Gasteiger partial charge in [0.05, 0.1) is 6.61 Å². The molecule has 2 heteroatoms. The summed E-state index contributed by atoms with van der Waals surface area (Å²) in [7, 11) is 0. The number of likely N-dealkylation sites (tertiary alicyclic amines) is 1. The van der Waals surface area contributed by atoms with Crippen molar-refractivity contribution < 1.29 is 5.11 Å². The van der Waals surface area contributed by atoms with Gasteiger partial charge in [-0.1, -0.05) is 12.2 Å². The lowest BCUT2D eigenvalue weighted by Gasteiger charge is -2.22. The lowest BCUT2D eigenvalue weighted by molar-refractivity contribution is 0.168. The van der Waals surface area contributed by atoms with E-state index in [-0.39, 0.29) is 0 Å². The Morgan fingerprint density at radius 2 is 2.45 bits per heavy atom. The van der Waals surface area contributed by atoms with Crippen LogP contribution in [0.1, 0.15) is 19.8 Å².